The van der Waals surface area contributed by atoms with E-state index in [1.165, 1.54) is 25.3 Å². The summed E-state index contributed by atoms with van der Waals surface area (Å²) in [5.74, 6) is -0.968. The number of para-hydroxylation sites is 1. The molecule has 1 aromatic rings. The van der Waals surface area contributed by atoms with Crippen molar-refractivity contribution in [2.45, 2.75) is 6.43 Å². The van der Waals surface area contributed by atoms with Crippen LogP contribution < -0.4 is 10.5 Å². The molecule has 1 rings (SSSR count). The molecule has 7 heteroatoms. The van der Waals surface area contributed by atoms with Gasteiger partial charge in [-0.2, -0.15) is 0 Å². The quantitative estimate of drug-likeness (QED) is 0.813. The monoisotopic (exact) mass is 274 g/mol. The molecular weight excluding hydrogens is 258 g/mol. The number of aromatic hydroxyl groups is 1. The summed E-state index contributed by atoms with van der Waals surface area (Å²) in [6, 6.07) is 4.30. The van der Waals surface area contributed by atoms with E-state index in [1.807, 2.05) is 0 Å². The van der Waals surface area contributed by atoms with E-state index in [-0.39, 0.29) is 30.2 Å². The fraction of sp³-hybridized carbons (Fsp3) is 0.417. The molecule has 0 bridgehead atoms. The Morgan fingerprint density at radius 3 is 2.74 bits per heavy atom. The zero-order chi connectivity index (χ0) is 14.4. The number of hydrogen-bond donors (Lipinski definition) is 2. The molecule has 3 N–H and O–H groups in total. The Kier molecular flexibility index (Phi) is 5.50. The summed E-state index contributed by atoms with van der Waals surface area (Å²) in [5.41, 5.74) is 5.20. The topological polar surface area (TPSA) is 75.8 Å². The van der Waals surface area contributed by atoms with Crippen LogP contribution in [0.25, 0.3) is 0 Å². The molecule has 106 valence electrons. The van der Waals surface area contributed by atoms with E-state index in [9.17, 15) is 18.7 Å². The number of alkyl halides is 2. The number of nitrogens with zero attached hydrogens (tertiary/aromatic N) is 1. The van der Waals surface area contributed by atoms with E-state index >= 15 is 0 Å². The summed E-state index contributed by atoms with van der Waals surface area (Å²) in [6.07, 6.45) is -2.66. The average Bonchev–Trinajstić information content (AvgIpc) is 2.37. The third-order valence-corrected chi connectivity index (χ3v) is 2.49. The Morgan fingerprint density at radius 2 is 2.21 bits per heavy atom. The van der Waals surface area contributed by atoms with E-state index in [1.54, 1.807) is 0 Å². The lowest BCUT2D eigenvalue weighted by atomic mass is 10.1. The molecule has 0 saturated heterocycles. The van der Waals surface area contributed by atoms with E-state index in [0.29, 0.717) is 0 Å². The highest BCUT2D eigenvalue weighted by molar-refractivity contribution is 5.97. The van der Waals surface area contributed by atoms with Gasteiger partial charge in [0.25, 0.3) is 12.3 Å². The number of phenolic OH excluding ortho intramolecular Hbond substituents is 1. The molecule has 0 spiro atoms. The van der Waals surface area contributed by atoms with Crippen LogP contribution in [0.5, 0.6) is 11.5 Å². The van der Waals surface area contributed by atoms with Gasteiger partial charge in [0.05, 0.1) is 19.2 Å². The summed E-state index contributed by atoms with van der Waals surface area (Å²) in [7, 11) is 1.33. The second-order valence-corrected chi connectivity index (χ2v) is 3.79. The van der Waals surface area contributed by atoms with Gasteiger partial charge in [-0.25, -0.2) is 8.78 Å². The lowest BCUT2D eigenvalue weighted by Gasteiger charge is -2.22. The number of hydrogen-bond acceptors (Lipinski definition) is 4. The molecule has 1 aromatic carbocycles. The highest BCUT2D eigenvalue weighted by atomic mass is 19.3. The molecule has 0 atom stereocenters. The highest BCUT2D eigenvalue weighted by Crippen LogP contribution is 2.30. The van der Waals surface area contributed by atoms with Crippen molar-refractivity contribution < 1.29 is 23.4 Å². The standard InChI is InChI=1S/C12H16F2N2O3/c1-19-9-4-2-3-8(11(9)17)12(18)16(6-5-15)7-10(13)14/h2-4,10,17H,5-7,15H2,1H3. The van der Waals surface area contributed by atoms with E-state index < -0.39 is 18.9 Å². The Balaban J connectivity index is 3.02. The van der Waals surface area contributed by atoms with Crippen molar-refractivity contribution in [3.8, 4) is 11.5 Å². The van der Waals surface area contributed by atoms with E-state index in [4.69, 9.17) is 10.5 Å². The maximum Gasteiger partial charge on any atom is 0.257 e. The maximum absolute atomic E-state index is 12.4. The normalized spacial score (nSPS) is 10.6. The minimum atomic E-state index is -2.66. The number of carbonyl (C=O) groups excluding carboxylic acids is 1. The summed E-state index contributed by atoms with van der Waals surface area (Å²) in [6.45, 7) is -0.685. The second kappa shape index (κ2) is 6.89. The predicted octanol–water partition coefficient (Wildman–Crippen LogP) is 1.07. The van der Waals surface area contributed by atoms with Gasteiger partial charge >= 0.3 is 0 Å². The lowest BCUT2D eigenvalue weighted by molar-refractivity contribution is 0.0560. The van der Waals surface area contributed by atoms with Gasteiger partial charge in [0.15, 0.2) is 11.5 Å². The second-order valence-electron chi connectivity index (χ2n) is 3.79. The van der Waals surface area contributed by atoms with E-state index in [2.05, 4.69) is 0 Å². The van der Waals surface area contributed by atoms with Gasteiger partial charge in [0, 0.05) is 13.1 Å². The number of benzene rings is 1. The number of halogens is 2. The van der Waals surface area contributed by atoms with Gasteiger partial charge in [-0.3, -0.25) is 4.79 Å². The van der Waals surface area contributed by atoms with Crippen LogP contribution in [0.15, 0.2) is 18.2 Å². The van der Waals surface area contributed by atoms with Crippen molar-refractivity contribution in [3.05, 3.63) is 23.8 Å². The zero-order valence-electron chi connectivity index (χ0n) is 10.5. The van der Waals surface area contributed by atoms with Crippen LogP contribution in [0, 0.1) is 0 Å². The number of carbonyl (C=O) groups is 1. The van der Waals surface area contributed by atoms with Crippen molar-refractivity contribution in [1.82, 2.24) is 4.90 Å². The molecule has 0 aliphatic carbocycles. The summed E-state index contributed by atoms with van der Waals surface area (Å²) < 4.78 is 29.7. The molecule has 0 heterocycles. The van der Waals surface area contributed by atoms with Crippen molar-refractivity contribution in [2.75, 3.05) is 26.7 Å². The fourth-order valence-electron chi connectivity index (χ4n) is 1.63. The average molecular weight is 274 g/mol. The van der Waals surface area contributed by atoms with Crippen LogP contribution in [0.1, 0.15) is 10.4 Å². The molecule has 5 nitrogen and oxygen atoms in total. The SMILES string of the molecule is COc1cccc(C(=O)N(CCN)CC(F)F)c1O. The Morgan fingerprint density at radius 1 is 1.53 bits per heavy atom. The molecule has 0 aromatic heterocycles. The number of ether oxygens (including phenoxy) is 1. The smallest absolute Gasteiger partial charge is 0.257 e. The molecule has 0 unspecified atom stereocenters. The molecule has 0 aliphatic heterocycles. The van der Waals surface area contributed by atoms with Crippen LogP contribution in [-0.4, -0.2) is 49.1 Å². The van der Waals surface area contributed by atoms with E-state index in [0.717, 1.165) is 4.90 Å². The van der Waals surface area contributed by atoms with Crippen LogP contribution >= 0.6 is 0 Å². The van der Waals surface area contributed by atoms with Gasteiger partial charge in [0.1, 0.15) is 0 Å². The lowest BCUT2D eigenvalue weighted by Crippen LogP contribution is -2.38. The number of methoxy groups -OCH3 is 1. The molecule has 0 fully saturated rings. The largest absolute Gasteiger partial charge is 0.504 e. The zero-order valence-corrected chi connectivity index (χ0v) is 10.5. The van der Waals surface area contributed by atoms with Crippen molar-refractivity contribution in [3.63, 3.8) is 0 Å². The maximum atomic E-state index is 12.4. The number of nitrogens with two attached hydrogens (primary N) is 1. The number of amides is 1. The predicted molar refractivity (Wildman–Crippen MR) is 65.6 cm³/mol. The first kappa shape index (κ1) is 15.2. The Bertz CT molecular complexity index is 441. The van der Waals surface area contributed by atoms with Gasteiger partial charge in [0.2, 0.25) is 0 Å². The molecule has 1 amide bonds. The molecule has 0 saturated carbocycles. The summed E-state index contributed by atoms with van der Waals surface area (Å²) in [5, 5.41) is 9.82. The minimum absolute atomic E-state index is 0.0141. The summed E-state index contributed by atoms with van der Waals surface area (Å²) in [4.78, 5) is 13.0. The first-order valence-electron chi connectivity index (χ1n) is 5.64. The van der Waals surface area contributed by atoms with Gasteiger partial charge in [-0.15, -0.1) is 0 Å². The van der Waals surface area contributed by atoms with Gasteiger partial charge in [-0.05, 0) is 12.1 Å². The molecule has 0 radical (unpaired) electrons. The molecule has 19 heavy (non-hydrogen) atoms. The fourth-order valence-corrected chi connectivity index (χ4v) is 1.63. The van der Waals surface area contributed by atoms with Gasteiger partial charge in [-0.1, -0.05) is 6.07 Å². The van der Waals surface area contributed by atoms with Crippen molar-refractivity contribution in [2.24, 2.45) is 5.73 Å². The minimum Gasteiger partial charge on any atom is -0.504 e. The number of phenols is 1. The first-order valence-corrected chi connectivity index (χ1v) is 5.64. The van der Waals surface area contributed by atoms with Crippen molar-refractivity contribution >= 4 is 5.91 Å². The van der Waals surface area contributed by atoms with Crippen LogP contribution in [-0.2, 0) is 0 Å². The molecule has 0 aliphatic rings. The first-order chi connectivity index (χ1) is 9.01. The van der Waals surface area contributed by atoms with Crippen LogP contribution in [0.4, 0.5) is 8.78 Å². The molecular formula is C12H16F2N2O3. The van der Waals surface area contributed by atoms with Gasteiger partial charge < -0.3 is 20.5 Å². The summed E-state index contributed by atoms with van der Waals surface area (Å²) >= 11 is 0. The Hall–Kier alpha value is -1.89. The number of rotatable bonds is 6. The highest BCUT2D eigenvalue weighted by Gasteiger charge is 2.22. The Labute approximate surface area is 109 Å². The third-order valence-electron chi connectivity index (χ3n) is 2.49. The van der Waals surface area contributed by atoms with Crippen molar-refractivity contribution in [1.29, 1.82) is 0 Å². The van der Waals surface area contributed by atoms with Crippen LogP contribution in [0.3, 0.4) is 0 Å². The third kappa shape index (κ3) is 3.78. The van der Waals surface area contributed by atoms with Crippen LogP contribution in [0.2, 0.25) is 0 Å².